The molecule has 0 amide bonds. The van der Waals surface area contributed by atoms with Crippen LogP contribution in [0, 0.1) is 24.1 Å². The third-order valence-electron chi connectivity index (χ3n) is 6.46. The molecule has 3 aromatic rings. The van der Waals surface area contributed by atoms with Crippen molar-refractivity contribution in [1.29, 1.82) is 0 Å². The normalized spacial score (nSPS) is 21.3. The molecule has 0 radical (unpaired) electrons. The molecule has 0 saturated heterocycles. The van der Waals surface area contributed by atoms with E-state index in [0.29, 0.717) is 23.4 Å². The molecule has 1 saturated carbocycles. The number of imidazole rings is 1. The topological polar surface area (TPSA) is 29.9 Å². The van der Waals surface area contributed by atoms with Crippen LogP contribution in [0.2, 0.25) is 0 Å². The molecule has 0 aliphatic heterocycles. The highest BCUT2D eigenvalue weighted by atomic mass is 19.1. The van der Waals surface area contributed by atoms with Gasteiger partial charge in [0.2, 0.25) is 5.95 Å². The first kappa shape index (κ1) is 20.9. The summed E-state index contributed by atoms with van der Waals surface area (Å²) in [6.07, 6.45) is 3.38. The average Bonchev–Trinajstić information content (AvgIpc) is 2.98. The first-order chi connectivity index (χ1) is 14.1. The summed E-state index contributed by atoms with van der Waals surface area (Å²) in [5.41, 5.74) is 4.82. The molecule has 3 nitrogen and oxygen atoms in total. The fourth-order valence-corrected chi connectivity index (χ4v) is 5.32. The van der Waals surface area contributed by atoms with Gasteiger partial charge in [-0.15, -0.1) is 0 Å². The third-order valence-corrected chi connectivity index (χ3v) is 6.46. The van der Waals surface area contributed by atoms with Gasteiger partial charge in [0.05, 0.1) is 5.52 Å². The Bertz CT molecular complexity index is 1050. The van der Waals surface area contributed by atoms with E-state index in [1.165, 1.54) is 12.0 Å². The van der Waals surface area contributed by atoms with Crippen molar-refractivity contribution in [3.8, 4) is 0 Å². The van der Waals surface area contributed by atoms with Gasteiger partial charge in [-0.25, -0.2) is 9.37 Å². The van der Waals surface area contributed by atoms with Crippen molar-refractivity contribution in [2.75, 3.05) is 5.32 Å². The fraction of sp³-hybridized carbons (Fsp3) is 0.500. The number of anilines is 2. The summed E-state index contributed by atoms with van der Waals surface area (Å²) in [5, 5.41) is 3.50. The molecule has 1 aliphatic rings. The van der Waals surface area contributed by atoms with Gasteiger partial charge in [0, 0.05) is 11.7 Å². The summed E-state index contributed by atoms with van der Waals surface area (Å²) in [4.78, 5) is 4.73. The molecule has 0 unspecified atom stereocenters. The van der Waals surface area contributed by atoms with Gasteiger partial charge >= 0.3 is 0 Å². The second kappa shape index (κ2) is 7.72. The van der Waals surface area contributed by atoms with E-state index in [9.17, 15) is 4.39 Å². The van der Waals surface area contributed by atoms with E-state index in [2.05, 4.69) is 74.8 Å². The predicted molar refractivity (Wildman–Crippen MR) is 124 cm³/mol. The molecule has 0 spiro atoms. The monoisotopic (exact) mass is 407 g/mol. The molecule has 1 N–H and O–H groups in total. The molecule has 4 rings (SSSR count). The van der Waals surface area contributed by atoms with Gasteiger partial charge in [0.25, 0.3) is 0 Å². The average molecular weight is 408 g/mol. The van der Waals surface area contributed by atoms with E-state index < -0.39 is 0 Å². The second-order valence-corrected chi connectivity index (χ2v) is 10.4. The highest BCUT2D eigenvalue weighted by Crippen LogP contribution is 2.46. The number of nitrogens with one attached hydrogen (secondary N) is 1. The number of aromatic nitrogens is 2. The smallest absolute Gasteiger partial charge is 0.208 e. The van der Waals surface area contributed by atoms with Gasteiger partial charge in [-0.05, 0) is 78.8 Å². The van der Waals surface area contributed by atoms with Crippen LogP contribution in [0.4, 0.5) is 16.0 Å². The minimum absolute atomic E-state index is 0.245. The zero-order valence-electron chi connectivity index (χ0n) is 19.1. The van der Waals surface area contributed by atoms with E-state index in [1.807, 2.05) is 6.92 Å². The summed E-state index contributed by atoms with van der Waals surface area (Å²) in [5.74, 6) is 1.61. The van der Waals surface area contributed by atoms with Crippen molar-refractivity contribution >= 4 is 22.7 Å². The Morgan fingerprint density at radius 2 is 1.83 bits per heavy atom. The van der Waals surface area contributed by atoms with Crippen molar-refractivity contribution in [3.63, 3.8) is 0 Å². The lowest BCUT2D eigenvalue weighted by molar-refractivity contribution is 0.140. The van der Waals surface area contributed by atoms with Crippen LogP contribution in [0.15, 0.2) is 36.4 Å². The lowest BCUT2D eigenvalue weighted by Crippen LogP contribution is -2.29. The zero-order valence-corrected chi connectivity index (χ0v) is 19.1. The number of hydrogen-bond donors (Lipinski definition) is 1. The third kappa shape index (κ3) is 4.10. The largest absolute Gasteiger partial charge is 0.326 e. The maximum absolute atomic E-state index is 14.8. The lowest BCUT2D eigenvalue weighted by atomic mass is 9.70. The second-order valence-electron chi connectivity index (χ2n) is 10.4. The minimum Gasteiger partial charge on any atom is -0.326 e. The fourth-order valence-electron chi connectivity index (χ4n) is 5.32. The number of hydrogen-bond acceptors (Lipinski definition) is 2. The number of fused-ring (bicyclic) bond motifs is 1. The van der Waals surface area contributed by atoms with E-state index >= 15 is 0 Å². The number of benzene rings is 2. The van der Waals surface area contributed by atoms with E-state index in [0.717, 1.165) is 35.6 Å². The zero-order chi connectivity index (χ0) is 21.6. The predicted octanol–water partition coefficient (Wildman–Crippen LogP) is 7.74. The highest BCUT2D eigenvalue weighted by Gasteiger charge is 2.35. The van der Waals surface area contributed by atoms with Crippen LogP contribution in [0.5, 0.6) is 0 Å². The Morgan fingerprint density at radius 1 is 1.13 bits per heavy atom. The Hall–Kier alpha value is -2.36. The maximum atomic E-state index is 14.8. The Morgan fingerprint density at radius 3 is 2.47 bits per heavy atom. The molecular weight excluding hydrogens is 373 g/mol. The van der Waals surface area contributed by atoms with E-state index in [1.54, 1.807) is 6.07 Å². The lowest BCUT2D eigenvalue weighted by Gasteiger charge is -2.40. The minimum atomic E-state index is -0.245. The van der Waals surface area contributed by atoms with Gasteiger partial charge < -0.3 is 9.88 Å². The van der Waals surface area contributed by atoms with Crippen LogP contribution in [-0.4, -0.2) is 9.55 Å². The molecule has 1 heterocycles. The van der Waals surface area contributed by atoms with Crippen molar-refractivity contribution in [1.82, 2.24) is 9.55 Å². The van der Waals surface area contributed by atoms with Gasteiger partial charge in [0.15, 0.2) is 5.82 Å². The van der Waals surface area contributed by atoms with Crippen LogP contribution >= 0.6 is 0 Å². The van der Waals surface area contributed by atoms with E-state index in [4.69, 9.17) is 4.98 Å². The van der Waals surface area contributed by atoms with Crippen molar-refractivity contribution in [3.05, 3.63) is 53.3 Å². The number of rotatable bonds is 4. The molecule has 30 heavy (non-hydrogen) atoms. The van der Waals surface area contributed by atoms with Crippen molar-refractivity contribution in [2.45, 2.75) is 72.8 Å². The maximum Gasteiger partial charge on any atom is 0.208 e. The summed E-state index contributed by atoms with van der Waals surface area (Å²) >= 11 is 0. The number of aryl methyl sites for hydroxylation is 1. The van der Waals surface area contributed by atoms with Crippen molar-refractivity contribution in [2.24, 2.45) is 11.3 Å². The first-order valence-electron chi connectivity index (χ1n) is 11.2. The van der Waals surface area contributed by atoms with Crippen LogP contribution in [-0.2, 0) is 0 Å². The number of nitrogens with zero attached hydrogens (tertiary/aromatic N) is 2. The van der Waals surface area contributed by atoms with Gasteiger partial charge in [0.1, 0.15) is 5.52 Å². The summed E-state index contributed by atoms with van der Waals surface area (Å²) in [6, 6.07) is 12.4. The van der Waals surface area contributed by atoms with Gasteiger partial charge in [-0.1, -0.05) is 46.8 Å². The highest BCUT2D eigenvalue weighted by molar-refractivity contribution is 5.81. The molecule has 2 atom stereocenters. The SMILES string of the molecule is Cc1cc(F)c2nc(Nc3ccc(C(C)C)cc3)n([C@@H]3C[C@H](C)CC(C)(C)C3)c2c1. The molecule has 160 valence electrons. The Labute approximate surface area is 179 Å². The molecule has 4 heteroatoms. The Kier molecular flexibility index (Phi) is 5.37. The standard InChI is InChI=1S/C26H34FN3/c1-16(2)19-7-9-20(10-8-19)28-25-29-24-22(27)12-17(3)13-23(24)30(25)21-11-18(4)14-26(5,6)15-21/h7-10,12-13,16,18,21H,11,14-15H2,1-6H3,(H,28,29)/t18-,21+/m0/s1. The molecule has 1 aromatic heterocycles. The van der Waals surface area contributed by atoms with Crippen LogP contribution in [0.25, 0.3) is 11.0 Å². The molecule has 2 aromatic carbocycles. The van der Waals surface area contributed by atoms with Crippen LogP contribution in [0.3, 0.4) is 0 Å². The summed E-state index contributed by atoms with van der Waals surface area (Å²) < 4.78 is 17.1. The summed E-state index contributed by atoms with van der Waals surface area (Å²) in [6.45, 7) is 13.4. The Balaban J connectivity index is 1.80. The van der Waals surface area contributed by atoms with Crippen LogP contribution in [0.1, 0.15) is 77.0 Å². The quantitative estimate of drug-likeness (QED) is 0.479. The van der Waals surface area contributed by atoms with E-state index in [-0.39, 0.29) is 11.2 Å². The van der Waals surface area contributed by atoms with Gasteiger partial charge in [-0.2, -0.15) is 0 Å². The molecule has 1 fully saturated rings. The molecule has 0 bridgehead atoms. The molecular formula is C26H34FN3. The van der Waals surface area contributed by atoms with Gasteiger partial charge in [-0.3, -0.25) is 0 Å². The number of halogens is 1. The van der Waals surface area contributed by atoms with Crippen molar-refractivity contribution < 1.29 is 4.39 Å². The first-order valence-corrected chi connectivity index (χ1v) is 11.2. The molecule has 1 aliphatic carbocycles. The summed E-state index contributed by atoms with van der Waals surface area (Å²) in [7, 11) is 0. The van der Waals surface area contributed by atoms with Crippen LogP contribution < -0.4 is 5.32 Å².